The molecule has 0 spiro atoms. The predicted octanol–water partition coefficient (Wildman–Crippen LogP) is 1.33. The van der Waals surface area contributed by atoms with Crippen molar-refractivity contribution in [2.75, 3.05) is 19.8 Å². The van der Waals surface area contributed by atoms with Gasteiger partial charge in [0.15, 0.2) is 6.17 Å². The lowest BCUT2D eigenvalue weighted by Gasteiger charge is -2.44. The summed E-state index contributed by atoms with van der Waals surface area (Å²) < 4.78 is 19.4. The molecule has 1 fully saturated rings. The van der Waals surface area contributed by atoms with E-state index in [2.05, 4.69) is 4.99 Å². The van der Waals surface area contributed by atoms with Gasteiger partial charge in [0.25, 0.3) is 0 Å². The maximum atomic E-state index is 14.1. The zero-order valence-electron chi connectivity index (χ0n) is 10.5. The SMILES string of the molecule is CC1=C(N=CC(C)Cl)C(O)C(F)C2COCCN12. The molecule has 102 valence electrons. The number of hydrogen-bond donors (Lipinski definition) is 1. The van der Waals surface area contributed by atoms with Crippen LogP contribution in [0, 0.1) is 0 Å². The molecule has 0 radical (unpaired) electrons. The third-order valence-corrected chi connectivity index (χ3v) is 3.45. The first kappa shape index (κ1) is 13.8. The average Bonchev–Trinajstić information content (AvgIpc) is 2.36. The van der Waals surface area contributed by atoms with Crippen molar-refractivity contribution < 1.29 is 14.2 Å². The number of halogens is 2. The first-order chi connectivity index (χ1) is 8.52. The molecule has 6 heteroatoms. The predicted molar refractivity (Wildman–Crippen MR) is 68.7 cm³/mol. The van der Waals surface area contributed by atoms with Crippen molar-refractivity contribution in [1.82, 2.24) is 4.90 Å². The Morgan fingerprint density at radius 2 is 2.39 bits per heavy atom. The van der Waals surface area contributed by atoms with E-state index in [9.17, 15) is 9.50 Å². The number of ether oxygens (including phenoxy) is 1. The van der Waals surface area contributed by atoms with Crippen molar-refractivity contribution in [3.8, 4) is 0 Å². The first-order valence-corrected chi connectivity index (χ1v) is 6.51. The molecule has 0 aromatic heterocycles. The molecule has 0 amide bonds. The topological polar surface area (TPSA) is 45.1 Å². The lowest BCUT2D eigenvalue weighted by molar-refractivity contribution is -0.0603. The Balaban J connectivity index is 2.30. The van der Waals surface area contributed by atoms with Crippen LogP contribution in [0.4, 0.5) is 4.39 Å². The van der Waals surface area contributed by atoms with Crippen LogP contribution in [0.15, 0.2) is 16.4 Å². The summed E-state index contributed by atoms with van der Waals surface area (Å²) in [6, 6.07) is -0.416. The van der Waals surface area contributed by atoms with Gasteiger partial charge in [-0.1, -0.05) is 0 Å². The van der Waals surface area contributed by atoms with Crippen LogP contribution in [0.25, 0.3) is 0 Å². The van der Waals surface area contributed by atoms with E-state index >= 15 is 0 Å². The highest BCUT2D eigenvalue weighted by atomic mass is 35.5. The Morgan fingerprint density at radius 3 is 3.06 bits per heavy atom. The second kappa shape index (κ2) is 5.55. The number of aliphatic imine (C=N–C) groups is 1. The van der Waals surface area contributed by atoms with Gasteiger partial charge >= 0.3 is 0 Å². The molecule has 0 aromatic rings. The normalized spacial score (nSPS) is 34.9. The molecule has 4 unspecified atom stereocenters. The highest BCUT2D eigenvalue weighted by Crippen LogP contribution is 2.31. The van der Waals surface area contributed by atoms with Crippen LogP contribution in [0.1, 0.15) is 13.8 Å². The van der Waals surface area contributed by atoms with E-state index < -0.39 is 18.3 Å². The zero-order chi connectivity index (χ0) is 13.3. The number of allylic oxidation sites excluding steroid dienone is 1. The quantitative estimate of drug-likeness (QED) is 0.611. The Morgan fingerprint density at radius 1 is 1.67 bits per heavy atom. The van der Waals surface area contributed by atoms with E-state index in [1.165, 1.54) is 6.21 Å². The minimum atomic E-state index is -1.38. The van der Waals surface area contributed by atoms with E-state index in [0.29, 0.717) is 25.5 Å². The van der Waals surface area contributed by atoms with Crippen LogP contribution in [-0.4, -0.2) is 59.7 Å². The number of morpholine rings is 1. The number of rotatable bonds is 2. The maximum absolute atomic E-state index is 14.1. The fraction of sp³-hybridized carbons (Fsp3) is 0.750. The number of aliphatic hydroxyl groups is 1. The number of aliphatic hydroxyl groups excluding tert-OH is 1. The molecule has 2 rings (SSSR count). The van der Waals surface area contributed by atoms with Crippen molar-refractivity contribution in [1.29, 1.82) is 0 Å². The van der Waals surface area contributed by atoms with Crippen LogP contribution in [0.2, 0.25) is 0 Å². The van der Waals surface area contributed by atoms with Gasteiger partial charge in [0.05, 0.1) is 30.3 Å². The van der Waals surface area contributed by atoms with Crippen molar-refractivity contribution in [3.05, 3.63) is 11.4 Å². The van der Waals surface area contributed by atoms with Crippen LogP contribution >= 0.6 is 11.6 Å². The third-order valence-electron chi connectivity index (χ3n) is 3.34. The second-order valence-electron chi connectivity index (χ2n) is 4.65. The fourth-order valence-electron chi connectivity index (χ4n) is 2.38. The molecule has 4 nitrogen and oxygen atoms in total. The number of hydrogen-bond acceptors (Lipinski definition) is 4. The summed E-state index contributed by atoms with van der Waals surface area (Å²) in [7, 11) is 0. The van der Waals surface area contributed by atoms with Crippen molar-refractivity contribution >= 4 is 17.8 Å². The lowest BCUT2D eigenvalue weighted by atomic mass is 9.95. The van der Waals surface area contributed by atoms with Crippen molar-refractivity contribution in [2.45, 2.75) is 37.5 Å². The fourth-order valence-corrected chi connectivity index (χ4v) is 2.43. The molecule has 18 heavy (non-hydrogen) atoms. The van der Waals surface area contributed by atoms with Gasteiger partial charge < -0.3 is 14.7 Å². The van der Waals surface area contributed by atoms with Gasteiger partial charge in [-0.05, 0) is 13.8 Å². The van der Waals surface area contributed by atoms with E-state index in [4.69, 9.17) is 16.3 Å². The summed E-state index contributed by atoms with van der Waals surface area (Å²) in [6.07, 6.45) is -1.08. The number of alkyl halides is 2. The van der Waals surface area contributed by atoms with Crippen molar-refractivity contribution in [2.24, 2.45) is 4.99 Å². The zero-order valence-corrected chi connectivity index (χ0v) is 11.3. The minimum absolute atomic E-state index is 0.252. The molecular weight excluding hydrogens is 259 g/mol. The van der Waals surface area contributed by atoms with E-state index in [0.717, 1.165) is 5.70 Å². The van der Waals surface area contributed by atoms with Gasteiger partial charge in [0, 0.05) is 18.5 Å². The van der Waals surface area contributed by atoms with Crippen LogP contribution in [0.5, 0.6) is 0 Å². The number of nitrogens with zero attached hydrogens (tertiary/aromatic N) is 2. The summed E-state index contributed by atoms with van der Waals surface area (Å²) >= 11 is 5.79. The number of fused-ring (bicyclic) bond motifs is 1. The smallest absolute Gasteiger partial charge is 0.154 e. The van der Waals surface area contributed by atoms with Gasteiger partial charge in [-0.25, -0.2) is 4.39 Å². The van der Waals surface area contributed by atoms with Gasteiger partial charge in [0.1, 0.15) is 6.10 Å². The van der Waals surface area contributed by atoms with Crippen LogP contribution in [0.3, 0.4) is 0 Å². The van der Waals surface area contributed by atoms with E-state index in [1.54, 1.807) is 6.92 Å². The second-order valence-corrected chi connectivity index (χ2v) is 5.34. The van der Waals surface area contributed by atoms with Gasteiger partial charge in [-0.2, -0.15) is 0 Å². The first-order valence-electron chi connectivity index (χ1n) is 6.08. The molecule has 0 aromatic carbocycles. The molecule has 0 bridgehead atoms. The Hall–Kier alpha value is -0.650. The molecular formula is C12H18ClFN2O2. The summed E-state index contributed by atoms with van der Waals surface area (Å²) in [4.78, 5) is 6.06. The van der Waals surface area contributed by atoms with E-state index in [1.807, 2.05) is 11.8 Å². The van der Waals surface area contributed by atoms with Crippen LogP contribution < -0.4 is 0 Å². The van der Waals surface area contributed by atoms with Crippen molar-refractivity contribution in [3.63, 3.8) is 0 Å². The Bertz CT molecular complexity index is 373. The molecule has 0 saturated carbocycles. The molecule has 4 atom stereocenters. The van der Waals surface area contributed by atoms with Gasteiger partial charge in [-0.15, -0.1) is 11.6 Å². The molecule has 1 N–H and O–H groups in total. The summed E-state index contributed by atoms with van der Waals surface area (Å²) in [6.45, 7) is 5.11. The monoisotopic (exact) mass is 276 g/mol. The largest absolute Gasteiger partial charge is 0.384 e. The van der Waals surface area contributed by atoms with Gasteiger partial charge in [-0.3, -0.25) is 4.99 Å². The average molecular weight is 277 g/mol. The van der Waals surface area contributed by atoms with E-state index in [-0.39, 0.29) is 5.38 Å². The molecule has 2 aliphatic heterocycles. The summed E-state index contributed by atoms with van der Waals surface area (Å²) in [5, 5.41) is 9.74. The Kier molecular flexibility index (Phi) is 4.25. The molecule has 1 saturated heterocycles. The standard InChI is InChI=1S/C12H18ClFN2O2/c1-7(13)5-15-11-8(2)16-3-4-18-6-9(16)10(14)12(11)17/h5,7,9-10,12,17H,3-4,6H2,1-2H3. The lowest BCUT2D eigenvalue weighted by Crippen LogP contribution is -2.56. The Labute approximate surface area is 111 Å². The highest BCUT2D eigenvalue weighted by molar-refractivity contribution is 6.27. The van der Waals surface area contributed by atoms with Crippen LogP contribution in [-0.2, 0) is 4.74 Å². The highest BCUT2D eigenvalue weighted by Gasteiger charge is 2.42. The molecule has 2 heterocycles. The third kappa shape index (κ3) is 2.53. The van der Waals surface area contributed by atoms with Gasteiger partial charge in [0.2, 0.25) is 0 Å². The molecule has 2 aliphatic rings. The summed E-state index contributed by atoms with van der Waals surface area (Å²) in [5.74, 6) is 0. The molecule has 0 aliphatic carbocycles. The summed E-state index contributed by atoms with van der Waals surface area (Å²) in [5.41, 5.74) is 1.17. The maximum Gasteiger partial charge on any atom is 0.154 e. The minimum Gasteiger partial charge on any atom is -0.384 e.